The van der Waals surface area contributed by atoms with E-state index < -0.39 is 5.97 Å². The Kier molecular flexibility index (Phi) is 9.39. The lowest BCUT2D eigenvalue weighted by molar-refractivity contribution is -0.124. The molecule has 1 saturated heterocycles. The van der Waals surface area contributed by atoms with Gasteiger partial charge in [0.15, 0.2) is 0 Å². The first-order valence-electron chi connectivity index (χ1n) is 14.1. The highest BCUT2D eigenvalue weighted by Gasteiger charge is 2.39. The molecule has 3 aliphatic rings. The smallest absolute Gasteiger partial charge is 0.348 e. The summed E-state index contributed by atoms with van der Waals surface area (Å²) in [6.07, 6.45) is 9.42. The molecule has 1 aromatic heterocycles. The largest absolute Gasteiger partial charge is 0.477 e. The molecule has 208 valence electrons. The number of anilines is 1. The molecule has 2 fully saturated rings. The van der Waals surface area contributed by atoms with Crippen LogP contribution in [-0.4, -0.2) is 48.4 Å². The monoisotopic (exact) mass is 541 g/mol. The highest BCUT2D eigenvalue weighted by molar-refractivity contribution is 7.15. The Morgan fingerprint density at radius 2 is 1.87 bits per heavy atom. The minimum atomic E-state index is -1.01. The van der Waals surface area contributed by atoms with Crippen LogP contribution in [0.5, 0.6) is 0 Å². The summed E-state index contributed by atoms with van der Waals surface area (Å²) in [7, 11) is 0. The summed E-state index contributed by atoms with van der Waals surface area (Å²) in [5.74, 6) is 5.50. The SMILES string of the molecule is CC1=CCC(C(=O)N(c2cc(C#CC(C)(C)C)sc2C(=O)O)C2CCC(OC3CCOC3)CC2)C(C)CC1. The predicted octanol–water partition coefficient (Wildman–Crippen LogP) is 6.68. The summed E-state index contributed by atoms with van der Waals surface area (Å²) in [5, 5.41) is 10.2. The Labute approximate surface area is 231 Å². The third-order valence-corrected chi connectivity index (χ3v) is 8.99. The van der Waals surface area contributed by atoms with Gasteiger partial charge in [-0.25, -0.2) is 4.79 Å². The number of thiophene rings is 1. The quantitative estimate of drug-likeness (QED) is 0.321. The molecular formula is C31H43NO5S. The van der Waals surface area contributed by atoms with E-state index in [9.17, 15) is 14.7 Å². The lowest BCUT2D eigenvalue weighted by Gasteiger charge is -2.39. The van der Waals surface area contributed by atoms with Gasteiger partial charge in [-0.15, -0.1) is 11.3 Å². The van der Waals surface area contributed by atoms with E-state index in [4.69, 9.17) is 9.47 Å². The number of rotatable bonds is 6. The van der Waals surface area contributed by atoms with Gasteiger partial charge in [0.2, 0.25) is 5.91 Å². The minimum absolute atomic E-state index is 0.0487. The van der Waals surface area contributed by atoms with Crippen molar-refractivity contribution in [1.82, 2.24) is 0 Å². The van der Waals surface area contributed by atoms with Crippen molar-refractivity contribution in [2.75, 3.05) is 18.1 Å². The molecule has 1 saturated carbocycles. The Bertz CT molecular complexity index is 1090. The molecule has 0 aromatic carbocycles. The molecule has 2 heterocycles. The van der Waals surface area contributed by atoms with E-state index in [0.717, 1.165) is 51.6 Å². The topological polar surface area (TPSA) is 76.1 Å². The fraction of sp³-hybridized carbons (Fsp3) is 0.677. The molecule has 1 aliphatic heterocycles. The molecule has 3 unspecified atom stereocenters. The second-order valence-corrected chi connectivity index (χ2v) is 13.4. The molecule has 1 amide bonds. The fourth-order valence-corrected chi connectivity index (χ4v) is 6.54. The van der Waals surface area contributed by atoms with E-state index in [1.807, 2.05) is 31.7 Å². The normalized spacial score (nSPS) is 28.1. The van der Waals surface area contributed by atoms with Gasteiger partial charge in [0.05, 0.1) is 29.4 Å². The van der Waals surface area contributed by atoms with Crippen molar-refractivity contribution in [2.24, 2.45) is 17.3 Å². The number of nitrogens with zero attached hydrogens (tertiary/aromatic N) is 1. The van der Waals surface area contributed by atoms with Crippen LogP contribution in [0.2, 0.25) is 0 Å². The number of allylic oxidation sites excluding steroid dienone is 2. The van der Waals surface area contributed by atoms with E-state index in [1.165, 1.54) is 16.9 Å². The summed E-state index contributed by atoms with van der Waals surface area (Å²) in [4.78, 5) is 29.5. The van der Waals surface area contributed by atoms with E-state index in [0.29, 0.717) is 23.6 Å². The average molecular weight is 542 g/mol. The van der Waals surface area contributed by atoms with Gasteiger partial charge in [-0.2, -0.15) is 0 Å². The highest BCUT2D eigenvalue weighted by Crippen LogP contribution is 2.39. The molecular weight excluding hydrogens is 498 g/mol. The Morgan fingerprint density at radius 3 is 2.50 bits per heavy atom. The van der Waals surface area contributed by atoms with Crippen LogP contribution >= 0.6 is 11.3 Å². The second kappa shape index (κ2) is 12.4. The lowest BCUT2D eigenvalue weighted by atomic mass is 9.85. The molecule has 4 rings (SSSR count). The van der Waals surface area contributed by atoms with Crippen LogP contribution in [-0.2, 0) is 14.3 Å². The molecule has 0 radical (unpaired) electrons. The third-order valence-electron chi connectivity index (χ3n) is 7.96. The number of carboxylic acids is 1. The zero-order chi connectivity index (χ0) is 27.4. The van der Waals surface area contributed by atoms with Crippen molar-refractivity contribution in [3.63, 3.8) is 0 Å². The van der Waals surface area contributed by atoms with Crippen LogP contribution in [0.15, 0.2) is 17.7 Å². The van der Waals surface area contributed by atoms with Gasteiger partial charge < -0.3 is 19.5 Å². The molecule has 3 atom stereocenters. The van der Waals surface area contributed by atoms with Gasteiger partial charge in [-0.05, 0) is 91.0 Å². The summed E-state index contributed by atoms with van der Waals surface area (Å²) in [6.45, 7) is 11.8. The molecule has 0 spiro atoms. The van der Waals surface area contributed by atoms with Crippen molar-refractivity contribution < 1.29 is 24.2 Å². The molecule has 7 heteroatoms. The van der Waals surface area contributed by atoms with Crippen LogP contribution in [0.1, 0.15) is 101 Å². The second-order valence-electron chi connectivity index (χ2n) is 12.3. The molecule has 1 aromatic rings. The summed E-state index contributed by atoms with van der Waals surface area (Å²) >= 11 is 1.17. The Balaban J connectivity index is 1.65. The van der Waals surface area contributed by atoms with E-state index >= 15 is 0 Å². The van der Waals surface area contributed by atoms with Crippen LogP contribution < -0.4 is 4.90 Å². The van der Waals surface area contributed by atoms with Gasteiger partial charge in [0, 0.05) is 24.0 Å². The van der Waals surface area contributed by atoms with Crippen LogP contribution in [0.4, 0.5) is 5.69 Å². The number of carbonyl (C=O) groups excluding carboxylic acids is 1. The number of ether oxygens (including phenoxy) is 2. The number of aromatic carboxylic acids is 1. The van der Waals surface area contributed by atoms with Crippen LogP contribution in [0, 0.1) is 29.1 Å². The van der Waals surface area contributed by atoms with E-state index in [2.05, 4.69) is 31.8 Å². The standard InChI is InChI=1S/C31H43NO5S/c1-20-6-8-21(2)26(13-7-20)29(33)32(22-9-11-23(12-10-22)37-24-15-17-36-19-24)27-18-25(14-16-31(3,4)5)38-28(27)30(34)35/h7,18,21-24,26H,6,8-13,15,17,19H2,1-5H3,(H,34,35). The van der Waals surface area contributed by atoms with Gasteiger partial charge in [-0.1, -0.05) is 30.4 Å². The molecule has 1 N–H and O–H groups in total. The van der Waals surface area contributed by atoms with E-state index in [1.54, 1.807) is 0 Å². The first kappa shape index (κ1) is 28.9. The molecule has 38 heavy (non-hydrogen) atoms. The summed E-state index contributed by atoms with van der Waals surface area (Å²) < 4.78 is 11.8. The first-order valence-corrected chi connectivity index (χ1v) is 15.0. The Hall–Kier alpha value is -2.14. The maximum Gasteiger partial charge on any atom is 0.348 e. The number of hydrogen-bond donors (Lipinski definition) is 1. The molecule has 6 nitrogen and oxygen atoms in total. The lowest BCUT2D eigenvalue weighted by Crippen LogP contribution is -2.48. The zero-order valence-corrected chi connectivity index (χ0v) is 24.4. The van der Waals surface area contributed by atoms with Gasteiger partial charge >= 0.3 is 5.97 Å². The van der Waals surface area contributed by atoms with Crippen LogP contribution in [0.3, 0.4) is 0 Å². The number of hydrogen-bond acceptors (Lipinski definition) is 5. The zero-order valence-electron chi connectivity index (χ0n) is 23.5. The molecule has 0 bridgehead atoms. The highest BCUT2D eigenvalue weighted by atomic mass is 32.1. The van der Waals surface area contributed by atoms with Crippen molar-refractivity contribution in [3.05, 3.63) is 27.5 Å². The summed E-state index contributed by atoms with van der Waals surface area (Å²) in [6, 6.07) is 1.78. The summed E-state index contributed by atoms with van der Waals surface area (Å²) in [5.41, 5.74) is 1.64. The first-order chi connectivity index (χ1) is 18.0. The average Bonchev–Trinajstić information content (AvgIpc) is 3.49. The third kappa shape index (κ3) is 7.28. The van der Waals surface area contributed by atoms with Crippen molar-refractivity contribution in [3.8, 4) is 11.8 Å². The van der Waals surface area contributed by atoms with Crippen LogP contribution in [0.25, 0.3) is 0 Å². The number of amides is 1. The fourth-order valence-electron chi connectivity index (χ4n) is 5.69. The van der Waals surface area contributed by atoms with Crippen molar-refractivity contribution >= 4 is 28.9 Å². The van der Waals surface area contributed by atoms with E-state index in [-0.39, 0.29) is 46.3 Å². The van der Waals surface area contributed by atoms with Crippen molar-refractivity contribution in [2.45, 2.75) is 104 Å². The predicted molar refractivity (Wildman–Crippen MR) is 152 cm³/mol. The van der Waals surface area contributed by atoms with Gasteiger partial charge in [0.25, 0.3) is 0 Å². The van der Waals surface area contributed by atoms with Gasteiger partial charge in [-0.3, -0.25) is 4.79 Å². The maximum atomic E-state index is 14.4. The Morgan fingerprint density at radius 1 is 1.13 bits per heavy atom. The van der Waals surface area contributed by atoms with Crippen molar-refractivity contribution in [1.29, 1.82) is 0 Å². The maximum absolute atomic E-state index is 14.4. The number of carbonyl (C=O) groups is 2. The minimum Gasteiger partial charge on any atom is -0.477 e. The number of carboxylic acid groups (broad SMARTS) is 1. The van der Waals surface area contributed by atoms with Gasteiger partial charge in [0.1, 0.15) is 4.88 Å². The molecule has 2 aliphatic carbocycles.